The second kappa shape index (κ2) is 8.42. The third-order valence-electron chi connectivity index (χ3n) is 6.51. The summed E-state index contributed by atoms with van der Waals surface area (Å²) in [5, 5.41) is 11.7. The second-order valence-corrected chi connectivity index (χ2v) is 8.56. The summed E-state index contributed by atoms with van der Waals surface area (Å²) in [5.74, 6) is 2.02. The molecule has 0 bridgehead atoms. The van der Waals surface area contributed by atoms with E-state index in [0.29, 0.717) is 24.3 Å². The zero-order valence-electron chi connectivity index (χ0n) is 17.2. The van der Waals surface area contributed by atoms with Crippen LogP contribution in [0, 0.1) is 5.92 Å². The van der Waals surface area contributed by atoms with Gasteiger partial charge < -0.3 is 10.2 Å². The molecular weight excluding hydrogens is 376 g/mol. The molecule has 3 aromatic rings. The van der Waals surface area contributed by atoms with Crippen LogP contribution in [-0.4, -0.2) is 44.1 Å². The van der Waals surface area contributed by atoms with E-state index < -0.39 is 0 Å². The molecule has 5 rings (SSSR count). The number of hydrogen-bond donors (Lipinski definition) is 2. The van der Waals surface area contributed by atoms with Gasteiger partial charge in [-0.1, -0.05) is 18.9 Å². The van der Waals surface area contributed by atoms with Gasteiger partial charge in [0, 0.05) is 37.3 Å². The molecule has 0 spiro atoms. The van der Waals surface area contributed by atoms with Gasteiger partial charge in [0.2, 0.25) is 5.91 Å². The number of nitrogens with one attached hydrogen (secondary N) is 2. The first-order valence-electron chi connectivity index (χ1n) is 11.0. The maximum absolute atomic E-state index is 12.7. The summed E-state index contributed by atoms with van der Waals surface area (Å²) < 4.78 is 0. The molecule has 2 aliphatic rings. The first-order valence-corrected chi connectivity index (χ1v) is 11.0. The Kier molecular flexibility index (Phi) is 5.34. The van der Waals surface area contributed by atoms with Crippen molar-refractivity contribution in [2.45, 2.75) is 51.0 Å². The monoisotopic (exact) mass is 404 g/mol. The Hall–Kier alpha value is -2.96. The molecule has 156 valence electrons. The lowest BCUT2D eigenvalue weighted by molar-refractivity contribution is -0.131. The third kappa shape index (κ3) is 4.01. The van der Waals surface area contributed by atoms with Crippen molar-refractivity contribution in [1.82, 2.24) is 25.1 Å². The smallest absolute Gasteiger partial charge is 0.222 e. The van der Waals surface area contributed by atoms with Gasteiger partial charge in [-0.25, -0.2) is 4.98 Å². The van der Waals surface area contributed by atoms with E-state index >= 15 is 0 Å². The van der Waals surface area contributed by atoms with Gasteiger partial charge in [-0.3, -0.25) is 14.9 Å². The fourth-order valence-corrected chi connectivity index (χ4v) is 4.78. The third-order valence-corrected chi connectivity index (χ3v) is 6.51. The van der Waals surface area contributed by atoms with Crippen molar-refractivity contribution in [1.29, 1.82) is 0 Å². The van der Waals surface area contributed by atoms with E-state index in [0.717, 1.165) is 54.2 Å². The molecule has 2 N–H and O–H groups in total. The predicted octanol–water partition coefficient (Wildman–Crippen LogP) is 3.86. The highest BCUT2D eigenvalue weighted by Gasteiger charge is 2.30. The molecule has 1 atom stereocenters. The van der Waals surface area contributed by atoms with Crippen LogP contribution in [0.3, 0.4) is 0 Å². The van der Waals surface area contributed by atoms with E-state index in [-0.39, 0.29) is 0 Å². The van der Waals surface area contributed by atoms with Gasteiger partial charge in [-0.05, 0) is 49.4 Å². The van der Waals surface area contributed by atoms with E-state index in [1.54, 1.807) is 6.20 Å². The second-order valence-electron chi connectivity index (χ2n) is 8.56. The fraction of sp³-hybridized carbons (Fsp3) is 0.478. The molecule has 0 unspecified atom stereocenters. The van der Waals surface area contributed by atoms with Gasteiger partial charge in [0.25, 0.3) is 0 Å². The number of carbonyl (C=O) groups is 1. The molecule has 7 heteroatoms. The average Bonchev–Trinajstić information content (AvgIpc) is 3.53. The minimum Gasteiger partial charge on any atom is -0.362 e. The van der Waals surface area contributed by atoms with Crippen molar-refractivity contribution in [2.24, 2.45) is 5.92 Å². The van der Waals surface area contributed by atoms with Gasteiger partial charge in [-0.15, -0.1) is 0 Å². The van der Waals surface area contributed by atoms with Crippen LogP contribution < -0.4 is 5.32 Å². The molecule has 1 saturated heterocycles. The molecule has 4 heterocycles. The highest BCUT2D eigenvalue weighted by molar-refractivity contribution is 5.87. The van der Waals surface area contributed by atoms with Gasteiger partial charge >= 0.3 is 0 Å². The summed E-state index contributed by atoms with van der Waals surface area (Å²) in [4.78, 5) is 23.9. The lowest BCUT2D eigenvalue weighted by atomic mass is 10.0. The van der Waals surface area contributed by atoms with Crippen molar-refractivity contribution in [2.75, 3.05) is 18.4 Å². The zero-order chi connectivity index (χ0) is 20.3. The Labute approximate surface area is 176 Å². The first kappa shape index (κ1) is 19.0. The van der Waals surface area contributed by atoms with Crippen LogP contribution in [-0.2, 0) is 11.3 Å². The van der Waals surface area contributed by atoms with E-state index in [2.05, 4.69) is 32.6 Å². The number of nitrogens with zero attached hydrogens (tertiary/aromatic N) is 4. The molecule has 2 fully saturated rings. The molecule has 0 radical (unpaired) electrons. The van der Waals surface area contributed by atoms with Crippen molar-refractivity contribution in [3.63, 3.8) is 0 Å². The number of H-pyrrole nitrogens is 1. The van der Waals surface area contributed by atoms with Crippen molar-refractivity contribution < 1.29 is 4.79 Å². The van der Waals surface area contributed by atoms with Crippen LogP contribution in [0.1, 0.15) is 55.8 Å². The predicted molar refractivity (Wildman–Crippen MR) is 116 cm³/mol. The molecular formula is C23H28N6O. The van der Waals surface area contributed by atoms with Gasteiger partial charge in [-0.2, -0.15) is 5.10 Å². The number of anilines is 1. The van der Waals surface area contributed by atoms with Crippen LogP contribution in [0.15, 0.2) is 36.5 Å². The summed E-state index contributed by atoms with van der Waals surface area (Å²) in [6, 6.07) is 10.0. The van der Waals surface area contributed by atoms with E-state index in [9.17, 15) is 4.79 Å². The van der Waals surface area contributed by atoms with E-state index in [1.807, 2.05) is 23.1 Å². The number of carbonyl (C=O) groups excluding carboxylic acids is 1. The fourth-order valence-electron chi connectivity index (χ4n) is 4.78. The number of hydrogen-bond acceptors (Lipinski definition) is 5. The summed E-state index contributed by atoms with van der Waals surface area (Å²) in [6.45, 7) is 2.24. The lowest BCUT2D eigenvalue weighted by Gasteiger charge is -2.18. The van der Waals surface area contributed by atoms with Crippen molar-refractivity contribution in [3.8, 4) is 0 Å². The quantitative estimate of drug-likeness (QED) is 0.651. The van der Waals surface area contributed by atoms with E-state index in [1.165, 1.54) is 25.7 Å². The Balaban J connectivity index is 1.23. The van der Waals surface area contributed by atoms with Gasteiger partial charge in [0.15, 0.2) is 11.5 Å². The van der Waals surface area contributed by atoms with Crippen molar-refractivity contribution >= 4 is 22.8 Å². The molecule has 0 aromatic carbocycles. The summed E-state index contributed by atoms with van der Waals surface area (Å²) in [5.41, 5.74) is 2.79. The maximum atomic E-state index is 12.7. The highest BCUT2D eigenvalue weighted by atomic mass is 16.2. The van der Waals surface area contributed by atoms with Crippen LogP contribution >= 0.6 is 0 Å². The number of likely N-dealkylation sites (tertiary alicyclic amines) is 1. The number of aromatic amines is 1. The molecule has 1 aliphatic heterocycles. The van der Waals surface area contributed by atoms with E-state index in [4.69, 9.17) is 4.98 Å². The summed E-state index contributed by atoms with van der Waals surface area (Å²) >= 11 is 0. The first-order chi connectivity index (χ1) is 14.8. The van der Waals surface area contributed by atoms with Crippen LogP contribution in [0.2, 0.25) is 0 Å². The van der Waals surface area contributed by atoms with Crippen LogP contribution in [0.25, 0.3) is 11.0 Å². The molecule has 1 saturated carbocycles. The normalized spacial score (nSPS) is 19.6. The number of aromatic nitrogens is 4. The number of rotatable bonds is 6. The Morgan fingerprint density at radius 2 is 2.07 bits per heavy atom. The Morgan fingerprint density at radius 3 is 2.90 bits per heavy atom. The highest BCUT2D eigenvalue weighted by Crippen LogP contribution is 2.32. The molecule has 3 aromatic heterocycles. The molecule has 1 amide bonds. The van der Waals surface area contributed by atoms with Gasteiger partial charge in [0.1, 0.15) is 0 Å². The summed E-state index contributed by atoms with van der Waals surface area (Å²) in [7, 11) is 0. The van der Waals surface area contributed by atoms with Crippen molar-refractivity contribution in [3.05, 3.63) is 47.9 Å². The zero-order valence-corrected chi connectivity index (χ0v) is 17.2. The maximum Gasteiger partial charge on any atom is 0.222 e. The molecule has 1 aliphatic carbocycles. The van der Waals surface area contributed by atoms with Gasteiger partial charge in [0.05, 0.1) is 17.6 Å². The number of fused-ring (bicyclic) bond motifs is 1. The topological polar surface area (TPSA) is 86.8 Å². The molecule has 7 nitrogen and oxygen atoms in total. The minimum absolute atomic E-state index is 0.301. The standard InChI is InChI=1S/C23H28N6O/c30-21(13-16-5-1-2-6-16)29-12-10-17(15-29)20-9-8-19-22(27-28-23(19)26-20)25-14-18-7-3-4-11-24-18/h3-4,7-9,11,16-17H,1-2,5-6,10,12-15H2,(H2,25,26,27,28)/t17-/m0/s1. The summed E-state index contributed by atoms with van der Waals surface area (Å²) in [6.07, 6.45) is 8.51. The number of pyridine rings is 2. The van der Waals surface area contributed by atoms with Crippen LogP contribution in [0.4, 0.5) is 5.82 Å². The average molecular weight is 405 g/mol. The number of amides is 1. The minimum atomic E-state index is 0.301. The Morgan fingerprint density at radius 1 is 1.17 bits per heavy atom. The SMILES string of the molecule is O=C(CC1CCCC1)N1CC[C@H](c2ccc3c(NCc4ccccn4)n[nH]c3n2)C1. The Bertz CT molecular complexity index is 1010. The van der Waals surface area contributed by atoms with Crippen LogP contribution in [0.5, 0.6) is 0 Å². The molecule has 30 heavy (non-hydrogen) atoms. The largest absolute Gasteiger partial charge is 0.362 e. The lowest BCUT2D eigenvalue weighted by Crippen LogP contribution is -2.29.